The Bertz CT molecular complexity index is 291. The van der Waals surface area contributed by atoms with Crippen LogP contribution in [0.5, 0.6) is 0 Å². The zero-order valence-electron chi connectivity index (χ0n) is 6.40. The lowest BCUT2D eigenvalue weighted by Crippen LogP contribution is -2.11. The lowest BCUT2D eigenvalue weighted by molar-refractivity contribution is 0.486. The minimum absolute atomic E-state index is 0.248. The van der Waals surface area contributed by atoms with Gasteiger partial charge in [-0.3, -0.25) is 5.10 Å². The highest BCUT2D eigenvalue weighted by Crippen LogP contribution is 2.16. The fourth-order valence-electron chi connectivity index (χ4n) is 1.06. The van der Waals surface area contributed by atoms with E-state index in [2.05, 4.69) is 10.2 Å². The number of nitrogens with one attached hydrogen (secondary N) is 1. The van der Waals surface area contributed by atoms with E-state index < -0.39 is 0 Å². The van der Waals surface area contributed by atoms with Crippen molar-refractivity contribution in [3.63, 3.8) is 0 Å². The summed E-state index contributed by atoms with van der Waals surface area (Å²) in [5.41, 5.74) is 6.69. The van der Waals surface area contributed by atoms with E-state index in [1.54, 1.807) is 12.5 Å². The standard InChI is InChI=1S/C8H9N3O/c9-8(6-3-4-10-11-6)7-2-1-5-12-7/h1-5,8H,9H2,(H,10,11). The van der Waals surface area contributed by atoms with Gasteiger partial charge in [-0.15, -0.1) is 0 Å². The summed E-state index contributed by atoms with van der Waals surface area (Å²) in [4.78, 5) is 0. The Hall–Kier alpha value is -1.55. The Morgan fingerprint density at radius 2 is 2.42 bits per heavy atom. The summed E-state index contributed by atoms with van der Waals surface area (Å²) in [6, 6.07) is 5.23. The summed E-state index contributed by atoms with van der Waals surface area (Å²) in [7, 11) is 0. The Balaban J connectivity index is 2.27. The maximum absolute atomic E-state index is 5.84. The van der Waals surface area contributed by atoms with Gasteiger partial charge >= 0.3 is 0 Å². The van der Waals surface area contributed by atoms with Crippen LogP contribution >= 0.6 is 0 Å². The van der Waals surface area contributed by atoms with Crippen molar-refractivity contribution >= 4 is 0 Å². The van der Waals surface area contributed by atoms with Gasteiger partial charge in [0, 0.05) is 6.20 Å². The molecule has 3 N–H and O–H groups in total. The smallest absolute Gasteiger partial charge is 0.126 e. The third kappa shape index (κ3) is 1.12. The van der Waals surface area contributed by atoms with E-state index in [0.717, 1.165) is 11.5 Å². The highest BCUT2D eigenvalue weighted by molar-refractivity contribution is 5.17. The summed E-state index contributed by atoms with van der Waals surface area (Å²) in [6.07, 6.45) is 3.27. The number of furan rings is 1. The summed E-state index contributed by atoms with van der Waals surface area (Å²) in [5, 5.41) is 6.60. The molecule has 4 nitrogen and oxygen atoms in total. The van der Waals surface area contributed by atoms with E-state index in [-0.39, 0.29) is 6.04 Å². The zero-order chi connectivity index (χ0) is 8.39. The molecule has 0 bridgehead atoms. The van der Waals surface area contributed by atoms with Crippen LogP contribution in [0.1, 0.15) is 17.5 Å². The zero-order valence-corrected chi connectivity index (χ0v) is 6.40. The molecule has 0 saturated heterocycles. The number of nitrogens with zero attached hydrogens (tertiary/aromatic N) is 1. The Kier molecular flexibility index (Phi) is 1.68. The van der Waals surface area contributed by atoms with Crippen LogP contribution in [0, 0.1) is 0 Å². The number of H-pyrrole nitrogens is 1. The number of hydrogen-bond acceptors (Lipinski definition) is 3. The van der Waals surface area contributed by atoms with Crippen LogP contribution in [-0.2, 0) is 0 Å². The predicted molar refractivity (Wildman–Crippen MR) is 43.3 cm³/mol. The first-order valence-corrected chi connectivity index (χ1v) is 3.66. The van der Waals surface area contributed by atoms with Gasteiger partial charge < -0.3 is 10.2 Å². The number of rotatable bonds is 2. The predicted octanol–water partition coefficient (Wildman–Crippen LogP) is 1.05. The highest BCUT2D eigenvalue weighted by atomic mass is 16.3. The van der Waals surface area contributed by atoms with Crippen LogP contribution in [0.3, 0.4) is 0 Å². The minimum atomic E-state index is -0.248. The first kappa shape index (κ1) is 7.12. The average molecular weight is 163 g/mol. The van der Waals surface area contributed by atoms with E-state index in [0.29, 0.717) is 0 Å². The third-order valence-corrected chi connectivity index (χ3v) is 1.71. The van der Waals surface area contributed by atoms with Crippen molar-refractivity contribution in [3.05, 3.63) is 42.1 Å². The largest absolute Gasteiger partial charge is 0.467 e. The Labute approximate surface area is 69.4 Å². The van der Waals surface area contributed by atoms with Crippen LogP contribution in [0.15, 0.2) is 35.1 Å². The van der Waals surface area contributed by atoms with E-state index in [1.165, 1.54) is 0 Å². The molecule has 62 valence electrons. The lowest BCUT2D eigenvalue weighted by atomic mass is 10.2. The molecule has 2 heterocycles. The van der Waals surface area contributed by atoms with E-state index in [9.17, 15) is 0 Å². The molecular formula is C8H9N3O. The second-order valence-corrected chi connectivity index (χ2v) is 2.51. The molecule has 0 spiro atoms. The van der Waals surface area contributed by atoms with Gasteiger partial charge in [-0.05, 0) is 18.2 Å². The number of hydrogen-bond donors (Lipinski definition) is 2. The molecule has 0 aliphatic rings. The average Bonchev–Trinajstić information content (AvgIpc) is 2.77. The van der Waals surface area contributed by atoms with Gasteiger partial charge in [0.15, 0.2) is 0 Å². The summed E-state index contributed by atoms with van der Waals surface area (Å²) >= 11 is 0. The van der Waals surface area contributed by atoms with Crippen LogP contribution in [0.2, 0.25) is 0 Å². The molecule has 0 aromatic carbocycles. The summed E-state index contributed by atoms with van der Waals surface area (Å²) in [6.45, 7) is 0. The van der Waals surface area contributed by atoms with Crippen molar-refractivity contribution in [3.8, 4) is 0 Å². The molecular weight excluding hydrogens is 154 g/mol. The monoisotopic (exact) mass is 163 g/mol. The van der Waals surface area contributed by atoms with Gasteiger partial charge in [0.05, 0.1) is 12.0 Å². The molecule has 0 radical (unpaired) electrons. The van der Waals surface area contributed by atoms with Crippen LogP contribution < -0.4 is 5.73 Å². The topological polar surface area (TPSA) is 67.8 Å². The maximum Gasteiger partial charge on any atom is 0.126 e. The molecule has 0 aliphatic carbocycles. The van der Waals surface area contributed by atoms with Crippen LogP contribution in [0.25, 0.3) is 0 Å². The van der Waals surface area contributed by atoms with Crippen molar-refractivity contribution in [1.29, 1.82) is 0 Å². The van der Waals surface area contributed by atoms with Crippen molar-refractivity contribution in [2.45, 2.75) is 6.04 Å². The van der Waals surface area contributed by atoms with Gasteiger partial charge in [-0.1, -0.05) is 0 Å². The number of aromatic nitrogens is 2. The first-order valence-electron chi connectivity index (χ1n) is 3.66. The second kappa shape index (κ2) is 2.83. The molecule has 4 heteroatoms. The van der Waals surface area contributed by atoms with E-state index >= 15 is 0 Å². The number of aromatic amines is 1. The third-order valence-electron chi connectivity index (χ3n) is 1.71. The van der Waals surface area contributed by atoms with Gasteiger partial charge in [-0.2, -0.15) is 5.10 Å². The van der Waals surface area contributed by atoms with Gasteiger partial charge in [0.2, 0.25) is 0 Å². The molecule has 2 rings (SSSR count). The normalized spacial score (nSPS) is 13.1. The molecule has 1 unspecified atom stereocenters. The van der Waals surface area contributed by atoms with Crippen LogP contribution in [0.4, 0.5) is 0 Å². The molecule has 1 atom stereocenters. The maximum atomic E-state index is 5.84. The van der Waals surface area contributed by atoms with E-state index in [4.69, 9.17) is 10.2 Å². The van der Waals surface area contributed by atoms with Crippen molar-refractivity contribution in [2.75, 3.05) is 0 Å². The fraction of sp³-hybridized carbons (Fsp3) is 0.125. The van der Waals surface area contributed by atoms with E-state index in [1.807, 2.05) is 18.2 Å². The SMILES string of the molecule is NC(c1ccn[nH]1)c1ccco1. The van der Waals surface area contributed by atoms with Gasteiger partial charge in [0.25, 0.3) is 0 Å². The molecule has 12 heavy (non-hydrogen) atoms. The molecule has 0 fully saturated rings. The van der Waals surface area contributed by atoms with Gasteiger partial charge in [0.1, 0.15) is 11.8 Å². The quantitative estimate of drug-likeness (QED) is 0.695. The molecule has 0 amide bonds. The first-order chi connectivity index (χ1) is 5.88. The molecule has 0 saturated carbocycles. The molecule has 2 aromatic heterocycles. The molecule has 2 aromatic rings. The summed E-state index contributed by atoms with van der Waals surface area (Å²) in [5.74, 6) is 0.735. The lowest BCUT2D eigenvalue weighted by Gasteiger charge is -2.03. The van der Waals surface area contributed by atoms with Gasteiger partial charge in [-0.25, -0.2) is 0 Å². The minimum Gasteiger partial charge on any atom is -0.467 e. The second-order valence-electron chi connectivity index (χ2n) is 2.51. The van der Waals surface area contributed by atoms with Crippen molar-refractivity contribution < 1.29 is 4.42 Å². The number of nitrogens with two attached hydrogens (primary N) is 1. The van der Waals surface area contributed by atoms with Crippen LogP contribution in [-0.4, -0.2) is 10.2 Å². The molecule has 0 aliphatic heterocycles. The summed E-state index contributed by atoms with van der Waals surface area (Å²) < 4.78 is 5.15. The van der Waals surface area contributed by atoms with Crippen molar-refractivity contribution in [2.24, 2.45) is 5.73 Å². The highest BCUT2D eigenvalue weighted by Gasteiger charge is 2.11. The van der Waals surface area contributed by atoms with Crippen molar-refractivity contribution in [1.82, 2.24) is 10.2 Å². The fourth-order valence-corrected chi connectivity index (χ4v) is 1.06. The Morgan fingerprint density at radius 3 is 3.00 bits per heavy atom. The Morgan fingerprint density at radius 1 is 1.50 bits per heavy atom.